The van der Waals surface area contributed by atoms with Gasteiger partial charge in [0.15, 0.2) is 6.10 Å². The van der Waals surface area contributed by atoms with Crippen LogP contribution >= 0.6 is 7.82 Å². The normalized spacial score (nSPS) is 14.0. The van der Waals surface area contributed by atoms with E-state index in [4.69, 9.17) is 18.5 Å². The molecule has 0 aromatic carbocycles. The number of allylic oxidation sites excluding steroid dienone is 6. The van der Waals surface area contributed by atoms with E-state index < -0.39 is 32.5 Å². The summed E-state index contributed by atoms with van der Waals surface area (Å²) < 4.78 is 33.8. The third-order valence-corrected chi connectivity index (χ3v) is 9.60. The molecule has 0 aliphatic rings. The van der Waals surface area contributed by atoms with Crippen molar-refractivity contribution in [1.29, 1.82) is 0 Å². The lowest BCUT2D eigenvalue weighted by Crippen LogP contribution is -2.37. The number of hydrogen-bond donors (Lipinski definition) is 0. The van der Waals surface area contributed by atoms with E-state index in [1.54, 1.807) is 0 Å². The summed E-state index contributed by atoms with van der Waals surface area (Å²) in [4.78, 5) is 37.4. The van der Waals surface area contributed by atoms with Crippen molar-refractivity contribution in [3.05, 3.63) is 36.5 Å². The quantitative estimate of drug-likeness (QED) is 0.0203. The molecule has 0 aromatic heterocycles. The maximum Gasteiger partial charge on any atom is 0.306 e. The number of nitrogens with zero attached hydrogens (tertiary/aromatic N) is 1. The molecule has 0 aliphatic carbocycles. The highest BCUT2D eigenvalue weighted by Gasteiger charge is 2.21. The summed E-state index contributed by atoms with van der Waals surface area (Å²) in [5.41, 5.74) is 0. The fourth-order valence-corrected chi connectivity index (χ4v) is 6.04. The zero-order valence-electron chi connectivity index (χ0n) is 34.0. The predicted octanol–water partition coefficient (Wildman–Crippen LogP) is 10.7. The minimum absolute atomic E-state index is 0.0342. The Labute approximate surface area is 319 Å². The highest BCUT2D eigenvalue weighted by molar-refractivity contribution is 7.45. The van der Waals surface area contributed by atoms with Crippen LogP contribution in [-0.2, 0) is 32.7 Å². The molecule has 52 heavy (non-hydrogen) atoms. The van der Waals surface area contributed by atoms with Crippen LogP contribution in [0.5, 0.6) is 0 Å². The molecule has 0 aromatic rings. The zero-order chi connectivity index (χ0) is 38.6. The maximum absolute atomic E-state index is 12.6. The maximum atomic E-state index is 12.6. The highest BCUT2D eigenvalue weighted by atomic mass is 31.2. The molecule has 0 bridgehead atoms. The van der Waals surface area contributed by atoms with E-state index in [9.17, 15) is 19.0 Å². The van der Waals surface area contributed by atoms with Gasteiger partial charge in [0, 0.05) is 12.8 Å². The topological polar surface area (TPSA) is 111 Å². The van der Waals surface area contributed by atoms with Crippen LogP contribution in [-0.4, -0.2) is 70.0 Å². The molecule has 0 spiro atoms. The van der Waals surface area contributed by atoms with E-state index in [1.807, 2.05) is 21.1 Å². The number of ether oxygens (including phenoxy) is 2. The van der Waals surface area contributed by atoms with Crippen molar-refractivity contribution in [2.75, 3.05) is 47.5 Å². The van der Waals surface area contributed by atoms with Gasteiger partial charge in [0.2, 0.25) is 0 Å². The Bertz CT molecular complexity index is 991. The molecule has 9 nitrogen and oxygen atoms in total. The molecule has 304 valence electrons. The average Bonchev–Trinajstić information content (AvgIpc) is 3.09. The number of hydrogen-bond acceptors (Lipinski definition) is 8. The van der Waals surface area contributed by atoms with E-state index in [-0.39, 0.29) is 26.1 Å². The number of carbonyl (C=O) groups excluding carboxylic acids is 2. The Morgan fingerprint density at radius 2 is 1.06 bits per heavy atom. The fourth-order valence-electron chi connectivity index (χ4n) is 5.31. The van der Waals surface area contributed by atoms with E-state index in [1.165, 1.54) is 57.8 Å². The molecule has 0 saturated heterocycles. The van der Waals surface area contributed by atoms with Gasteiger partial charge in [-0.05, 0) is 64.2 Å². The van der Waals surface area contributed by atoms with Gasteiger partial charge in [-0.2, -0.15) is 0 Å². The summed E-state index contributed by atoms with van der Waals surface area (Å²) >= 11 is 0. The standard InChI is InChI=1S/C42H78NO8P/c1-6-8-10-12-14-16-18-19-20-21-22-23-25-27-29-31-33-35-42(45)51-40(39-50-52(46,47)49-37-36-43(3,4)5)38-48-41(44)34-32-30-28-26-24-17-15-13-11-9-7-2/h13-16,19-20,40H,6-12,17-18,21-39H2,1-5H3/b15-13+,16-14+,20-19+/t40-/m1/s1. The Morgan fingerprint density at radius 1 is 0.596 bits per heavy atom. The number of unbranched alkanes of at least 4 members (excludes halogenated alkanes) is 17. The zero-order valence-corrected chi connectivity index (χ0v) is 34.9. The Hall–Kier alpha value is -1.77. The van der Waals surface area contributed by atoms with Crippen molar-refractivity contribution in [2.45, 2.75) is 174 Å². The monoisotopic (exact) mass is 756 g/mol. The molecule has 2 atom stereocenters. The molecule has 0 rings (SSSR count). The Balaban J connectivity index is 4.40. The van der Waals surface area contributed by atoms with Crippen LogP contribution in [0.15, 0.2) is 36.5 Å². The fraction of sp³-hybridized carbons (Fsp3) is 0.810. The largest absolute Gasteiger partial charge is 0.756 e. The van der Waals surface area contributed by atoms with Gasteiger partial charge in [0.25, 0.3) is 7.82 Å². The van der Waals surface area contributed by atoms with Crippen molar-refractivity contribution < 1.29 is 42.1 Å². The second-order valence-electron chi connectivity index (χ2n) is 15.0. The lowest BCUT2D eigenvalue weighted by Gasteiger charge is -2.28. The molecular weight excluding hydrogens is 677 g/mol. The first-order valence-electron chi connectivity index (χ1n) is 20.7. The smallest absolute Gasteiger partial charge is 0.306 e. The van der Waals surface area contributed by atoms with Crippen LogP contribution in [0.2, 0.25) is 0 Å². The molecular formula is C42H78NO8P. The molecule has 0 fully saturated rings. The number of quaternary nitrogens is 1. The van der Waals surface area contributed by atoms with Gasteiger partial charge in [0.05, 0.1) is 27.7 Å². The predicted molar refractivity (Wildman–Crippen MR) is 213 cm³/mol. The summed E-state index contributed by atoms with van der Waals surface area (Å²) in [6.07, 6.45) is 37.4. The number of likely N-dealkylation sites (N-methyl/N-ethyl adjacent to an activating group) is 1. The number of rotatable bonds is 37. The van der Waals surface area contributed by atoms with Gasteiger partial charge in [-0.1, -0.05) is 127 Å². The summed E-state index contributed by atoms with van der Waals surface area (Å²) in [5, 5.41) is 0. The van der Waals surface area contributed by atoms with Crippen molar-refractivity contribution in [3.8, 4) is 0 Å². The van der Waals surface area contributed by atoms with Crippen LogP contribution in [0, 0.1) is 0 Å². The minimum atomic E-state index is -4.62. The number of carbonyl (C=O) groups is 2. The van der Waals surface area contributed by atoms with E-state index in [2.05, 4.69) is 50.3 Å². The molecule has 0 N–H and O–H groups in total. The van der Waals surface area contributed by atoms with E-state index >= 15 is 0 Å². The molecule has 0 radical (unpaired) electrons. The van der Waals surface area contributed by atoms with Gasteiger partial charge < -0.3 is 27.9 Å². The van der Waals surface area contributed by atoms with E-state index in [0.717, 1.165) is 77.0 Å². The van der Waals surface area contributed by atoms with Crippen LogP contribution in [0.3, 0.4) is 0 Å². The second-order valence-corrected chi connectivity index (χ2v) is 16.4. The molecule has 0 aliphatic heterocycles. The van der Waals surface area contributed by atoms with E-state index in [0.29, 0.717) is 17.4 Å². The Morgan fingerprint density at radius 3 is 1.60 bits per heavy atom. The lowest BCUT2D eigenvalue weighted by atomic mass is 10.1. The molecule has 0 heterocycles. The first kappa shape index (κ1) is 50.2. The van der Waals surface area contributed by atoms with Gasteiger partial charge in [-0.25, -0.2) is 0 Å². The summed E-state index contributed by atoms with van der Waals surface area (Å²) in [6, 6.07) is 0. The number of esters is 2. The minimum Gasteiger partial charge on any atom is -0.756 e. The molecule has 0 amide bonds. The number of phosphoric ester groups is 1. The van der Waals surface area contributed by atoms with Crippen molar-refractivity contribution in [3.63, 3.8) is 0 Å². The van der Waals surface area contributed by atoms with Gasteiger partial charge in [0.1, 0.15) is 19.8 Å². The molecule has 10 heteroatoms. The van der Waals surface area contributed by atoms with Gasteiger partial charge in [-0.3, -0.25) is 14.2 Å². The third kappa shape index (κ3) is 38.0. The van der Waals surface area contributed by atoms with Crippen LogP contribution < -0.4 is 4.89 Å². The number of phosphoric acid groups is 1. The van der Waals surface area contributed by atoms with Gasteiger partial charge in [-0.15, -0.1) is 0 Å². The lowest BCUT2D eigenvalue weighted by molar-refractivity contribution is -0.870. The highest BCUT2D eigenvalue weighted by Crippen LogP contribution is 2.38. The molecule has 1 unspecified atom stereocenters. The van der Waals surface area contributed by atoms with Crippen molar-refractivity contribution >= 4 is 19.8 Å². The first-order chi connectivity index (χ1) is 25.0. The summed E-state index contributed by atoms with van der Waals surface area (Å²) in [6.45, 7) is 4.13. The van der Waals surface area contributed by atoms with Crippen LogP contribution in [0.4, 0.5) is 0 Å². The Kier molecular flexibility index (Phi) is 33.8. The third-order valence-electron chi connectivity index (χ3n) is 8.63. The van der Waals surface area contributed by atoms with Crippen LogP contribution in [0.25, 0.3) is 0 Å². The van der Waals surface area contributed by atoms with Crippen LogP contribution in [0.1, 0.15) is 168 Å². The first-order valence-corrected chi connectivity index (χ1v) is 22.2. The SMILES string of the molecule is CCCC/C=C/CCCCCCCC(=O)OC[C@H](COP(=O)([O-])OCC[N+](C)(C)C)OC(=O)CCCCCCCCC/C=C/C/C=C/CCCCC. The van der Waals surface area contributed by atoms with Gasteiger partial charge >= 0.3 is 11.9 Å². The average molecular weight is 756 g/mol. The van der Waals surface area contributed by atoms with Crippen molar-refractivity contribution in [1.82, 2.24) is 0 Å². The summed E-state index contributed by atoms with van der Waals surface area (Å²) in [5.74, 6) is -0.857. The summed E-state index contributed by atoms with van der Waals surface area (Å²) in [7, 11) is 1.15. The molecule has 0 saturated carbocycles. The second kappa shape index (κ2) is 35.0. The van der Waals surface area contributed by atoms with Crippen molar-refractivity contribution in [2.24, 2.45) is 0 Å².